The van der Waals surface area contributed by atoms with Gasteiger partial charge in [-0.25, -0.2) is 0 Å². The van der Waals surface area contributed by atoms with Crippen LogP contribution in [-0.4, -0.2) is 0 Å². The molecule has 4 rings (SSSR count). The molecule has 74 valence electrons. The van der Waals surface area contributed by atoms with Gasteiger partial charge >= 0.3 is 0 Å². The summed E-state index contributed by atoms with van der Waals surface area (Å²) in [5.41, 5.74) is 1.80. The van der Waals surface area contributed by atoms with E-state index in [4.69, 9.17) is 0 Å². The molecule has 4 aliphatic rings. The molecular formula is C14H18. The van der Waals surface area contributed by atoms with Crippen LogP contribution in [0.2, 0.25) is 0 Å². The summed E-state index contributed by atoms with van der Waals surface area (Å²) in [6.45, 7) is 2.24. The first-order chi connectivity index (χ1) is 6.88. The summed E-state index contributed by atoms with van der Waals surface area (Å²) in [4.78, 5) is 0. The molecule has 3 saturated carbocycles. The van der Waals surface area contributed by atoms with Gasteiger partial charge in [-0.1, -0.05) is 23.8 Å². The molecule has 6 unspecified atom stereocenters. The Morgan fingerprint density at radius 1 is 1.14 bits per heavy atom. The van der Waals surface area contributed by atoms with Crippen LogP contribution in [0.15, 0.2) is 23.8 Å². The molecule has 0 nitrogen and oxygen atoms in total. The fraction of sp³-hybridized carbons (Fsp3) is 0.714. The highest BCUT2D eigenvalue weighted by atomic mass is 14.6. The van der Waals surface area contributed by atoms with Crippen molar-refractivity contribution in [3.63, 3.8) is 0 Å². The standard InChI is InChI=1S/C14H18/c1-2-8-5-11-7-12(8)14-10-4-3-9(6-10)13(11)14/h2-4,9-14H,5-7H2,1H3. The quantitative estimate of drug-likeness (QED) is 0.402. The molecule has 0 radical (unpaired) electrons. The molecule has 3 fully saturated rings. The normalized spacial score (nSPS) is 60.2. The third-order valence-electron chi connectivity index (χ3n) is 5.49. The van der Waals surface area contributed by atoms with Gasteiger partial charge in [0.1, 0.15) is 0 Å². The summed E-state index contributed by atoms with van der Waals surface area (Å²) >= 11 is 0. The monoisotopic (exact) mass is 186 g/mol. The van der Waals surface area contributed by atoms with Crippen LogP contribution in [0.5, 0.6) is 0 Å². The van der Waals surface area contributed by atoms with Crippen molar-refractivity contribution >= 4 is 0 Å². The lowest BCUT2D eigenvalue weighted by molar-refractivity contribution is 0.243. The highest BCUT2D eigenvalue weighted by molar-refractivity contribution is 5.28. The van der Waals surface area contributed by atoms with Crippen LogP contribution in [0, 0.1) is 35.5 Å². The molecule has 0 heteroatoms. The lowest BCUT2D eigenvalue weighted by Crippen LogP contribution is -2.26. The van der Waals surface area contributed by atoms with E-state index in [0.29, 0.717) is 0 Å². The molecule has 0 spiro atoms. The Labute approximate surface area is 86.1 Å². The third kappa shape index (κ3) is 0.699. The molecule has 0 heterocycles. The van der Waals surface area contributed by atoms with Gasteiger partial charge in [0.05, 0.1) is 0 Å². The molecule has 0 amide bonds. The molecule has 0 aromatic heterocycles. The van der Waals surface area contributed by atoms with Gasteiger partial charge < -0.3 is 0 Å². The highest BCUT2D eigenvalue weighted by Crippen LogP contribution is 2.66. The molecule has 0 aliphatic heterocycles. The Balaban J connectivity index is 1.78. The third-order valence-corrected chi connectivity index (χ3v) is 5.49. The zero-order chi connectivity index (χ0) is 9.28. The smallest absolute Gasteiger partial charge is 0.0163 e. The lowest BCUT2D eigenvalue weighted by atomic mass is 9.71. The molecule has 0 aromatic rings. The molecule has 6 atom stereocenters. The zero-order valence-corrected chi connectivity index (χ0v) is 8.82. The Morgan fingerprint density at radius 3 is 2.71 bits per heavy atom. The van der Waals surface area contributed by atoms with E-state index >= 15 is 0 Å². The minimum atomic E-state index is 0.968. The largest absolute Gasteiger partial charge is 0.0882 e. The van der Waals surface area contributed by atoms with Gasteiger partial charge in [0.2, 0.25) is 0 Å². The number of hydrogen-bond donors (Lipinski definition) is 0. The van der Waals surface area contributed by atoms with E-state index in [1.165, 1.54) is 19.3 Å². The fourth-order valence-corrected chi connectivity index (χ4v) is 5.17. The van der Waals surface area contributed by atoms with E-state index in [2.05, 4.69) is 25.2 Å². The highest BCUT2D eigenvalue weighted by Gasteiger charge is 2.59. The van der Waals surface area contributed by atoms with Crippen LogP contribution < -0.4 is 0 Å². The van der Waals surface area contributed by atoms with Crippen LogP contribution in [0.3, 0.4) is 0 Å². The van der Waals surface area contributed by atoms with Crippen molar-refractivity contribution in [3.05, 3.63) is 23.8 Å². The lowest BCUT2D eigenvalue weighted by Gasteiger charge is -2.33. The molecule has 4 aliphatic carbocycles. The summed E-state index contributed by atoms with van der Waals surface area (Å²) in [5, 5.41) is 0. The molecular weight excluding hydrogens is 168 g/mol. The second-order valence-corrected chi connectivity index (χ2v) is 5.77. The van der Waals surface area contributed by atoms with E-state index in [9.17, 15) is 0 Å². The minimum absolute atomic E-state index is 0.968. The number of allylic oxidation sites excluding steroid dienone is 4. The van der Waals surface area contributed by atoms with Crippen molar-refractivity contribution in [2.24, 2.45) is 35.5 Å². The first-order valence-corrected chi connectivity index (χ1v) is 6.22. The van der Waals surface area contributed by atoms with E-state index < -0.39 is 0 Å². The van der Waals surface area contributed by atoms with Gasteiger partial charge in [0.15, 0.2) is 0 Å². The van der Waals surface area contributed by atoms with Crippen LogP contribution in [0.4, 0.5) is 0 Å². The average Bonchev–Trinajstić information content (AvgIpc) is 2.94. The van der Waals surface area contributed by atoms with Gasteiger partial charge in [-0.05, 0) is 61.7 Å². The molecule has 4 bridgehead atoms. The zero-order valence-electron chi connectivity index (χ0n) is 8.82. The van der Waals surface area contributed by atoms with Gasteiger partial charge in [-0.15, -0.1) is 0 Å². The van der Waals surface area contributed by atoms with E-state index in [1.807, 2.05) is 0 Å². The van der Waals surface area contributed by atoms with E-state index in [-0.39, 0.29) is 0 Å². The second kappa shape index (κ2) is 2.35. The Hall–Kier alpha value is -0.520. The van der Waals surface area contributed by atoms with Crippen LogP contribution in [0.25, 0.3) is 0 Å². The topological polar surface area (TPSA) is 0 Å². The first kappa shape index (κ1) is 7.73. The maximum absolute atomic E-state index is 2.53. The molecule has 14 heavy (non-hydrogen) atoms. The van der Waals surface area contributed by atoms with Gasteiger partial charge in [-0.2, -0.15) is 0 Å². The summed E-state index contributed by atoms with van der Waals surface area (Å²) in [5.74, 6) is 6.17. The number of rotatable bonds is 0. The molecule has 0 aromatic carbocycles. The van der Waals surface area contributed by atoms with Crippen LogP contribution >= 0.6 is 0 Å². The number of hydrogen-bond acceptors (Lipinski definition) is 0. The van der Waals surface area contributed by atoms with Crippen molar-refractivity contribution in [1.82, 2.24) is 0 Å². The average molecular weight is 186 g/mol. The van der Waals surface area contributed by atoms with Crippen molar-refractivity contribution in [2.45, 2.75) is 26.2 Å². The molecule has 0 saturated heterocycles. The maximum atomic E-state index is 2.53. The number of fused-ring (bicyclic) bond motifs is 9. The summed E-state index contributed by atoms with van der Waals surface area (Å²) in [6, 6.07) is 0. The van der Waals surface area contributed by atoms with Crippen molar-refractivity contribution in [2.75, 3.05) is 0 Å². The van der Waals surface area contributed by atoms with Crippen molar-refractivity contribution in [3.8, 4) is 0 Å². The van der Waals surface area contributed by atoms with Gasteiger partial charge in [-0.3, -0.25) is 0 Å². The SMILES string of the molecule is CC=C1CC2CC1C1C3C=CC(C3)C21. The van der Waals surface area contributed by atoms with Crippen LogP contribution in [-0.2, 0) is 0 Å². The Kier molecular flexibility index (Phi) is 1.30. The Morgan fingerprint density at radius 2 is 1.93 bits per heavy atom. The van der Waals surface area contributed by atoms with Gasteiger partial charge in [0.25, 0.3) is 0 Å². The Bertz CT molecular complexity index is 336. The predicted molar refractivity (Wildman–Crippen MR) is 57.7 cm³/mol. The second-order valence-electron chi connectivity index (χ2n) is 5.77. The summed E-state index contributed by atoms with van der Waals surface area (Å²) in [7, 11) is 0. The fourth-order valence-electron chi connectivity index (χ4n) is 5.17. The van der Waals surface area contributed by atoms with Crippen molar-refractivity contribution in [1.29, 1.82) is 0 Å². The molecule has 0 N–H and O–H groups in total. The van der Waals surface area contributed by atoms with Crippen LogP contribution in [0.1, 0.15) is 26.2 Å². The summed E-state index contributed by atoms with van der Waals surface area (Å²) < 4.78 is 0. The first-order valence-electron chi connectivity index (χ1n) is 6.22. The minimum Gasteiger partial charge on any atom is -0.0882 e. The van der Waals surface area contributed by atoms with Crippen molar-refractivity contribution < 1.29 is 0 Å². The predicted octanol–water partition coefficient (Wildman–Crippen LogP) is 3.41. The van der Waals surface area contributed by atoms with E-state index in [0.717, 1.165) is 35.5 Å². The van der Waals surface area contributed by atoms with E-state index in [1.54, 1.807) is 5.57 Å². The van der Waals surface area contributed by atoms with Gasteiger partial charge in [0, 0.05) is 0 Å². The maximum Gasteiger partial charge on any atom is -0.0163 e. The summed E-state index contributed by atoms with van der Waals surface area (Å²) in [6.07, 6.45) is 11.9.